The summed E-state index contributed by atoms with van der Waals surface area (Å²) in [5, 5.41) is 3.66. The number of rotatable bonds is 6. The quantitative estimate of drug-likeness (QED) is 0.803. The van der Waals surface area contributed by atoms with Gasteiger partial charge in [-0.2, -0.15) is 0 Å². The lowest BCUT2D eigenvalue weighted by Gasteiger charge is -2.23. The zero-order valence-electron chi connectivity index (χ0n) is 13.1. The molecule has 0 heterocycles. The molecule has 2 heteroatoms. The second kappa shape index (κ2) is 7.37. The van der Waals surface area contributed by atoms with Crippen molar-refractivity contribution >= 4 is 0 Å². The van der Waals surface area contributed by atoms with Crippen molar-refractivity contribution < 1.29 is 4.39 Å². The Labute approximate surface area is 127 Å². The number of halogens is 1. The van der Waals surface area contributed by atoms with Crippen LogP contribution in [-0.2, 0) is 6.42 Å². The van der Waals surface area contributed by atoms with E-state index in [1.165, 1.54) is 23.3 Å². The molecule has 0 aromatic heterocycles. The normalized spacial score (nSPS) is 13.9. The summed E-state index contributed by atoms with van der Waals surface area (Å²) in [6, 6.07) is 16.0. The van der Waals surface area contributed by atoms with Crippen LogP contribution in [0.1, 0.15) is 43.0 Å². The Morgan fingerprint density at radius 2 is 1.71 bits per heavy atom. The second-order valence-electron chi connectivity index (χ2n) is 5.71. The molecule has 0 saturated carbocycles. The second-order valence-corrected chi connectivity index (χ2v) is 5.71. The summed E-state index contributed by atoms with van der Waals surface area (Å²) in [4.78, 5) is 0. The fraction of sp³-hybridized carbons (Fsp3) is 0.368. The SMILES string of the molecule is CCC(NC(C)Cc1ccccc1C)c1ccc(F)cc1. The van der Waals surface area contributed by atoms with E-state index in [0.29, 0.717) is 6.04 Å². The van der Waals surface area contributed by atoms with Crippen LogP contribution >= 0.6 is 0 Å². The summed E-state index contributed by atoms with van der Waals surface area (Å²) >= 11 is 0. The van der Waals surface area contributed by atoms with Crippen LogP contribution < -0.4 is 5.32 Å². The first-order valence-electron chi connectivity index (χ1n) is 7.66. The summed E-state index contributed by atoms with van der Waals surface area (Å²) in [7, 11) is 0. The molecular formula is C19H24FN. The van der Waals surface area contributed by atoms with Crippen molar-refractivity contribution in [3.8, 4) is 0 Å². The van der Waals surface area contributed by atoms with Gasteiger partial charge in [0.2, 0.25) is 0 Å². The van der Waals surface area contributed by atoms with Crippen LogP contribution in [0.15, 0.2) is 48.5 Å². The third kappa shape index (κ3) is 4.40. The number of hydrogen-bond acceptors (Lipinski definition) is 1. The van der Waals surface area contributed by atoms with Gasteiger partial charge in [-0.1, -0.05) is 43.3 Å². The van der Waals surface area contributed by atoms with E-state index in [1.807, 2.05) is 12.1 Å². The van der Waals surface area contributed by atoms with Crippen molar-refractivity contribution in [3.63, 3.8) is 0 Å². The van der Waals surface area contributed by atoms with Gasteiger partial charge < -0.3 is 5.32 Å². The van der Waals surface area contributed by atoms with Gasteiger partial charge in [-0.3, -0.25) is 0 Å². The highest BCUT2D eigenvalue weighted by atomic mass is 19.1. The molecule has 0 bridgehead atoms. The maximum atomic E-state index is 13.0. The molecule has 2 aromatic carbocycles. The van der Waals surface area contributed by atoms with E-state index in [0.717, 1.165) is 18.4 Å². The highest BCUT2D eigenvalue weighted by Gasteiger charge is 2.13. The van der Waals surface area contributed by atoms with Crippen molar-refractivity contribution in [3.05, 3.63) is 71.0 Å². The lowest BCUT2D eigenvalue weighted by Crippen LogP contribution is -2.32. The number of nitrogens with one attached hydrogen (secondary N) is 1. The molecule has 2 rings (SSSR count). The Kier molecular flexibility index (Phi) is 5.51. The molecular weight excluding hydrogens is 261 g/mol. The first-order valence-corrected chi connectivity index (χ1v) is 7.66. The van der Waals surface area contributed by atoms with Gasteiger partial charge in [0.25, 0.3) is 0 Å². The molecule has 0 radical (unpaired) electrons. The Balaban J connectivity index is 2.01. The highest BCUT2D eigenvalue weighted by Crippen LogP contribution is 2.19. The largest absolute Gasteiger partial charge is 0.307 e. The maximum Gasteiger partial charge on any atom is 0.123 e. The lowest BCUT2D eigenvalue weighted by atomic mass is 9.99. The van der Waals surface area contributed by atoms with E-state index in [1.54, 1.807) is 0 Å². The molecule has 0 aliphatic carbocycles. The fourth-order valence-corrected chi connectivity index (χ4v) is 2.72. The molecule has 112 valence electrons. The third-order valence-electron chi connectivity index (χ3n) is 3.95. The molecule has 1 nitrogen and oxygen atoms in total. The fourth-order valence-electron chi connectivity index (χ4n) is 2.72. The topological polar surface area (TPSA) is 12.0 Å². The summed E-state index contributed by atoms with van der Waals surface area (Å²) in [5.41, 5.74) is 3.86. The predicted octanol–water partition coefficient (Wildman–Crippen LogP) is 4.81. The monoisotopic (exact) mass is 285 g/mol. The summed E-state index contributed by atoms with van der Waals surface area (Å²) in [6.45, 7) is 6.51. The summed E-state index contributed by atoms with van der Waals surface area (Å²) in [5.74, 6) is -0.179. The van der Waals surface area contributed by atoms with Crippen LogP contribution in [0, 0.1) is 12.7 Å². The summed E-state index contributed by atoms with van der Waals surface area (Å²) < 4.78 is 13.0. The Morgan fingerprint density at radius 3 is 2.33 bits per heavy atom. The third-order valence-corrected chi connectivity index (χ3v) is 3.95. The standard InChI is InChI=1S/C19H24FN/c1-4-19(16-9-11-18(20)12-10-16)21-15(3)13-17-8-6-5-7-14(17)2/h5-12,15,19,21H,4,13H2,1-3H3. The Bertz CT molecular complexity index is 562. The van der Waals surface area contributed by atoms with Gasteiger partial charge in [0.05, 0.1) is 0 Å². The van der Waals surface area contributed by atoms with Crippen LogP contribution in [-0.4, -0.2) is 6.04 Å². The van der Waals surface area contributed by atoms with Crippen molar-refractivity contribution in [1.29, 1.82) is 0 Å². The Hall–Kier alpha value is -1.67. The zero-order chi connectivity index (χ0) is 15.2. The van der Waals surface area contributed by atoms with Gasteiger partial charge in [0, 0.05) is 12.1 Å². The lowest BCUT2D eigenvalue weighted by molar-refractivity contribution is 0.442. The zero-order valence-corrected chi connectivity index (χ0v) is 13.1. The average Bonchev–Trinajstić information content (AvgIpc) is 2.48. The minimum absolute atomic E-state index is 0.179. The first kappa shape index (κ1) is 15.7. The van der Waals surface area contributed by atoms with Gasteiger partial charge in [-0.15, -0.1) is 0 Å². The molecule has 0 spiro atoms. The van der Waals surface area contributed by atoms with E-state index in [2.05, 4.69) is 50.4 Å². The van der Waals surface area contributed by atoms with Gasteiger partial charge in [-0.25, -0.2) is 4.39 Å². The minimum Gasteiger partial charge on any atom is -0.307 e. The maximum absolute atomic E-state index is 13.0. The van der Waals surface area contributed by atoms with E-state index in [4.69, 9.17) is 0 Å². The van der Waals surface area contributed by atoms with E-state index in [9.17, 15) is 4.39 Å². The van der Waals surface area contributed by atoms with Crippen molar-refractivity contribution in [2.75, 3.05) is 0 Å². The van der Waals surface area contributed by atoms with E-state index in [-0.39, 0.29) is 11.9 Å². The molecule has 0 fully saturated rings. The smallest absolute Gasteiger partial charge is 0.123 e. The molecule has 2 atom stereocenters. The van der Waals surface area contributed by atoms with Crippen molar-refractivity contribution in [2.24, 2.45) is 0 Å². The highest BCUT2D eigenvalue weighted by molar-refractivity contribution is 5.26. The molecule has 21 heavy (non-hydrogen) atoms. The molecule has 0 aliphatic rings. The molecule has 2 aromatic rings. The van der Waals surface area contributed by atoms with Crippen LogP contribution in [0.2, 0.25) is 0 Å². The molecule has 0 saturated heterocycles. The van der Waals surface area contributed by atoms with Gasteiger partial charge >= 0.3 is 0 Å². The van der Waals surface area contributed by atoms with Gasteiger partial charge in [0.1, 0.15) is 5.82 Å². The van der Waals surface area contributed by atoms with E-state index < -0.39 is 0 Å². The molecule has 0 amide bonds. The van der Waals surface area contributed by atoms with Crippen molar-refractivity contribution in [1.82, 2.24) is 5.32 Å². The van der Waals surface area contributed by atoms with E-state index >= 15 is 0 Å². The molecule has 1 N–H and O–H groups in total. The Morgan fingerprint density at radius 1 is 1.05 bits per heavy atom. The molecule has 2 unspecified atom stereocenters. The first-order chi connectivity index (χ1) is 10.1. The van der Waals surface area contributed by atoms with Gasteiger partial charge in [0.15, 0.2) is 0 Å². The number of hydrogen-bond donors (Lipinski definition) is 1. The number of benzene rings is 2. The van der Waals surface area contributed by atoms with Crippen molar-refractivity contribution in [2.45, 2.75) is 45.7 Å². The minimum atomic E-state index is -0.179. The van der Waals surface area contributed by atoms with Crippen LogP contribution in [0.25, 0.3) is 0 Å². The predicted molar refractivity (Wildman–Crippen MR) is 86.9 cm³/mol. The number of aryl methyl sites for hydroxylation is 1. The van der Waals surface area contributed by atoms with Gasteiger partial charge in [-0.05, 0) is 55.5 Å². The molecule has 0 aliphatic heterocycles. The average molecular weight is 285 g/mol. The van der Waals surface area contributed by atoms with Crippen LogP contribution in [0.5, 0.6) is 0 Å². The summed E-state index contributed by atoms with van der Waals surface area (Å²) in [6.07, 6.45) is 1.99. The van der Waals surface area contributed by atoms with Crippen LogP contribution in [0.4, 0.5) is 4.39 Å². The van der Waals surface area contributed by atoms with Crippen LogP contribution in [0.3, 0.4) is 0 Å².